The Balaban J connectivity index is 2.40. The van der Waals surface area contributed by atoms with Crippen molar-refractivity contribution in [2.75, 3.05) is 12.3 Å². The lowest BCUT2D eigenvalue weighted by Crippen LogP contribution is -2.40. The number of alkyl halides is 3. The molecule has 1 fully saturated rings. The van der Waals surface area contributed by atoms with Crippen molar-refractivity contribution in [1.82, 2.24) is 4.31 Å². The summed E-state index contributed by atoms with van der Waals surface area (Å²) >= 11 is 0. The van der Waals surface area contributed by atoms with Gasteiger partial charge in [0.1, 0.15) is 17.3 Å². The van der Waals surface area contributed by atoms with Crippen molar-refractivity contribution in [2.45, 2.75) is 30.0 Å². The van der Waals surface area contributed by atoms with Crippen molar-refractivity contribution in [3.05, 3.63) is 24.0 Å². The van der Waals surface area contributed by atoms with E-state index in [9.17, 15) is 26.0 Å². The number of nitrogens with zero attached hydrogens (tertiary/aromatic N) is 1. The predicted molar refractivity (Wildman–Crippen MR) is 63.8 cm³/mol. The van der Waals surface area contributed by atoms with Crippen molar-refractivity contribution >= 4 is 15.7 Å². The van der Waals surface area contributed by atoms with Crippen LogP contribution < -0.4 is 5.73 Å². The van der Waals surface area contributed by atoms with Crippen LogP contribution in [0.3, 0.4) is 0 Å². The third kappa shape index (κ3) is 3.21. The predicted octanol–water partition coefficient (Wildman–Crippen LogP) is 2.12. The highest BCUT2D eigenvalue weighted by Crippen LogP contribution is 2.36. The molecule has 9 heteroatoms. The number of nitrogen functional groups attached to an aromatic ring is 1. The van der Waals surface area contributed by atoms with E-state index in [0.717, 1.165) is 18.2 Å². The highest BCUT2D eigenvalue weighted by atomic mass is 32.2. The van der Waals surface area contributed by atoms with Gasteiger partial charge < -0.3 is 5.73 Å². The SMILES string of the molecule is Nc1cc(F)ccc1S(=O)(=O)N(CC(F)(F)F)C1CC1. The monoisotopic (exact) mass is 312 g/mol. The molecule has 1 aromatic carbocycles. The largest absolute Gasteiger partial charge is 0.402 e. The molecule has 2 N–H and O–H groups in total. The molecule has 1 saturated carbocycles. The minimum Gasteiger partial charge on any atom is -0.398 e. The second-order valence-electron chi connectivity index (χ2n) is 4.58. The van der Waals surface area contributed by atoms with Gasteiger partial charge in [-0.1, -0.05) is 0 Å². The van der Waals surface area contributed by atoms with E-state index in [-0.39, 0.29) is 0 Å². The summed E-state index contributed by atoms with van der Waals surface area (Å²) < 4.78 is 75.3. The summed E-state index contributed by atoms with van der Waals surface area (Å²) in [5, 5.41) is 0. The molecule has 112 valence electrons. The van der Waals surface area contributed by atoms with Gasteiger partial charge in [-0.3, -0.25) is 0 Å². The Kier molecular flexibility index (Phi) is 3.67. The fourth-order valence-electron chi connectivity index (χ4n) is 1.83. The molecule has 0 heterocycles. The molecule has 4 nitrogen and oxygen atoms in total. The average Bonchev–Trinajstić information content (AvgIpc) is 3.07. The second-order valence-corrected chi connectivity index (χ2v) is 6.44. The molecule has 20 heavy (non-hydrogen) atoms. The van der Waals surface area contributed by atoms with Crippen LogP contribution >= 0.6 is 0 Å². The molecule has 0 unspecified atom stereocenters. The van der Waals surface area contributed by atoms with Gasteiger partial charge in [0.2, 0.25) is 10.0 Å². The molecule has 2 rings (SSSR count). The van der Waals surface area contributed by atoms with E-state index in [2.05, 4.69) is 0 Å². The highest BCUT2D eigenvalue weighted by molar-refractivity contribution is 7.89. The maximum absolute atomic E-state index is 12.9. The molecular formula is C11H12F4N2O2S. The first-order valence-corrected chi connectivity index (χ1v) is 7.19. The van der Waals surface area contributed by atoms with Gasteiger partial charge in [0.05, 0.1) is 5.69 Å². The Morgan fingerprint density at radius 1 is 1.30 bits per heavy atom. The summed E-state index contributed by atoms with van der Waals surface area (Å²) in [6.45, 7) is -1.57. The van der Waals surface area contributed by atoms with E-state index >= 15 is 0 Å². The molecule has 0 radical (unpaired) electrons. The lowest BCUT2D eigenvalue weighted by Gasteiger charge is -2.23. The lowest BCUT2D eigenvalue weighted by atomic mass is 10.3. The van der Waals surface area contributed by atoms with Crippen LogP contribution in [-0.4, -0.2) is 31.5 Å². The highest BCUT2D eigenvalue weighted by Gasteiger charge is 2.45. The molecule has 0 aliphatic heterocycles. The number of benzene rings is 1. The van der Waals surface area contributed by atoms with Crippen LogP contribution in [0.15, 0.2) is 23.1 Å². The summed E-state index contributed by atoms with van der Waals surface area (Å²) in [6, 6.07) is 1.82. The fourth-order valence-corrected chi connectivity index (χ4v) is 3.60. The molecule has 0 spiro atoms. The summed E-state index contributed by atoms with van der Waals surface area (Å²) in [6.07, 6.45) is -3.91. The molecule has 0 atom stereocenters. The quantitative estimate of drug-likeness (QED) is 0.684. The van der Waals surface area contributed by atoms with Gasteiger partial charge in [0.15, 0.2) is 0 Å². The van der Waals surface area contributed by atoms with Crippen molar-refractivity contribution in [1.29, 1.82) is 0 Å². The zero-order valence-electron chi connectivity index (χ0n) is 10.2. The van der Waals surface area contributed by atoms with Gasteiger partial charge in [-0.2, -0.15) is 17.5 Å². The molecular weight excluding hydrogens is 300 g/mol. The number of hydrogen-bond donors (Lipinski definition) is 1. The first kappa shape index (κ1) is 15.0. The van der Waals surface area contributed by atoms with Crippen LogP contribution in [0.2, 0.25) is 0 Å². The van der Waals surface area contributed by atoms with Crippen LogP contribution in [0.25, 0.3) is 0 Å². The van der Waals surface area contributed by atoms with Gasteiger partial charge in [-0.15, -0.1) is 0 Å². The molecule has 1 aromatic rings. The van der Waals surface area contributed by atoms with Gasteiger partial charge in [0, 0.05) is 6.04 Å². The van der Waals surface area contributed by atoms with Gasteiger partial charge in [0.25, 0.3) is 0 Å². The van der Waals surface area contributed by atoms with Crippen molar-refractivity contribution in [3.63, 3.8) is 0 Å². The zero-order valence-corrected chi connectivity index (χ0v) is 11.0. The summed E-state index contributed by atoms with van der Waals surface area (Å²) in [5.41, 5.74) is 5.00. The Morgan fingerprint density at radius 2 is 1.90 bits per heavy atom. The van der Waals surface area contributed by atoms with Gasteiger partial charge in [-0.25, -0.2) is 12.8 Å². The van der Waals surface area contributed by atoms with Crippen molar-refractivity contribution in [3.8, 4) is 0 Å². The first-order valence-electron chi connectivity index (χ1n) is 5.75. The third-order valence-corrected chi connectivity index (χ3v) is 4.82. The van der Waals surface area contributed by atoms with E-state index in [4.69, 9.17) is 5.73 Å². The maximum Gasteiger partial charge on any atom is 0.402 e. The molecule has 1 aliphatic carbocycles. The van der Waals surface area contributed by atoms with Crippen LogP contribution in [0.4, 0.5) is 23.2 Å². The smallest absolute Gasteiger partial charge is 0.398 e. The summed E-state index contributed by atoms with van der Waals surface area (Å²) in [4.78, 5) is -0.505. The number of hydrogen-bond acceptors (Lipinski definition) is 3. The number of anilines is 1. The number of halogens is 4. The molecule has 1 aliphatic rings. The molecule has 0 bridgehead atoms. The van der Waals surface area contributed by atoms with E-state index < -0.39 is 45.2 Å². The Hall–Kier alpha value is -1.35. The topological polar surface area (TPSA) is 63.4 Å². The Labute approximate surface area is 113 Å². The van der Waals surface area contributed by atoms with Crippen LogP contribution in [0.5, 0.6) is 0 Å². The van der Waals surface area contributed by atoms with Crippen LogP contribution in [-0.2, 0) is 10.0 Å². The standard InChI is InChI=1S/C11H12F4N2O2S/c12-7-1-4-10(9(16)5-7)20(18,19)17(8-2-3-8)6-11(13,14)15/h1,4-5,8H,2-3,6,16H2. The van der Waals surface area contributed by atoms with Crippen molar-refractivity contribution in [2.24, 2.45) is 0 Å². The minimum absolute atomic E-state index is 0.371. The average molecular weight is 312 g/mol. The van der Waals surface area contributed by atoms with Crippen molar-refractivity contribution < 1.29 is 26.0 Å². The van der Waals surface area contributed by atoms with Gasteiger partial charge >= 0.3 is 6.18 Å². The molecule has 0 amide bonds. The molecule has 0 saturated heterocycles. The van der Waals surface area contributed by atoms with Gasteiger partial charge in [-0.05, 0) is 31.0 Å². The Morgan fingerprint density at radius 3 is 2.35 bits per heavy atom. The number of rotatable bonds is 4. The number of sulfonamides is 1. The minimum atomic E-state index is -4.65. The van der Waals surface area contributed by atoms with E-state index in [1.54, 1.807) is 0 Å². The van der Waals surface area contributed by atoms with E-state index in [1.807, 2.05) is 0 Å². The lowest BCUT2D eigenvalue weighted by molar-refractivity contribution is -0.137. The third-order valence-electron chi connectivity index (χ3n) is 2.85. The van der Waals surface area contributed by atoms with Crippen LogP contribution in [0.1, 0.15) is 12.8 Å². The Bertz CT molecular complexity index is 611. The number of nitrogens with two attached hydrogens (primary N) is 1. The molecule has 0 aromatic heterocycles. The summed E-state index contributed by atoms with van der Waals surface area (Å²) in [7, 11) is -4.40. The normalized spacial score (nSPS) is 16.6. The van der Waals surface area contributed by atoms with Crippen LogP contribution in [0, 0.1) is 5.82 Å². The van der Waals surface area contributed by atoms with E-state index in [0.29, 0.717) is 17.1 Å². The second kappa shape index (κ2) is 4.88. The fraction of sp³-hybridized carbons (Fsp3) is 0.455. The zero-order chi connectivity index (χ0) is 15.1. The first-order chi connectivity index (χ1) is 9.11. The van der Waals surface area contributed by atoms with E-state index in [1.165, 1.54) is 0 Å². The maximum atomic E-state index is 12.9. The summed E-state index contributed by atoms with van der Waals surface area (Å²) in [5.74, 6) is -0.754.